The molecule has 0 aliphatic heterocycles. The molecule has 0 bridgehead atoms. The third-order valence-electron chi connectivity index (χ3n) is 3.92. The van der Waals surface area contributed by atoms with Crippen molar-refractivity contribution in [3.63, 3.8) is 0 Å². The summed E-state index contributed by atoms with van der Waals surface area (Å²) in [5.41, 5.74) is 5.57. The lowest BCUT2D eigenvalue weighted by atomic mass is 10.1. The summed E-state index contributed by atoms with van der Waals surface area (Å²) in [6.07, 6.45) is 2.23. The molecular formula is C14H20N4O5S. The van der Waals surface area contributed by atoms with Crippen LogP contribution in [0.4, 0.5) is 5.69 Å². The van der Waals surface area contributed by atoms with E-state index in [1.165, 1.54) is 12.1 Å². The molecule has 0 radical (unpaired) electrons. The Morgan fingerprint density at radius 2 is 1.92 bits per heavy atom. The zero-order valence-electron chi connectivity index (χ0n) is 13.0. The van der Waals surface area contributed by atoms with Gasteiger partial charge in [0.15, 0.2) is 0 Å². The molecule has 0 spiro atoms. The topological polar surface area (TPSA) is 144 Å². The van der Waals surface area contributed by atoms with E-state index in [1.807, 2.05) is 0 Å². The number of sulfonamides is 1. The highest BCUT2D eigenvalue weighted by atomic mass is 32.2. The Kier molecular flexibility index (Phi) is 5.86. The van der Waals surface area contributed by atoms with E-state index in [-0.39, 0.29) is 41.5 Å². The summed E-state index contributed by atoms with van der Waals surface area (Å²) < 4.78 is 26.4. The van der Waals surface area contributed by atoms with Gasteiger partial charge in [0.2, 0.25) is 15.9 Å². The molecule has 1 aromatic rings. The van der Waals surface area contributed by atoms with Crippen LogP contribution in [0.1, 0.15) is 19.3 Å². The number of hydrogen-bond donors (Lipinski definition) is 3. The van der Waals surface area contributed by atoms with Crippen LogP contribution in [-0.4, -0.2) is 38.4 Å². The number of nitrogens with zero attached hydrogens (tertiary/aromatic N) is 1. The van der Waals surface area contributed by atoms with Gasteiger partial charge in [0.25, 0.3) is 5.69 Å². The van der Waals surface area contributed by atoms with Crippen LogP contribution in [0.5, 0.6) is 0 Å². The summed E-state index contributed by atoms with van der Waals surface area (Å²) >= 11 is 0. The van der Waals surface area contributed by atoms with E-state index < -0.39 is 14.9 Å². The molecule has 2 unspecified atom stereocenters. The van der Waals surface area contributed by atoms with Crippen LogP contribution in [-0.2, 0) is 14.8 Å². The lowest BCUT2D eigenvalue weighted by molar-refractivity contribution is -0.384. The molecule has 1 aliphatic carbocycles. The Hall–Kier alpha value is -2.04. The molecule has 1 aromatic carbocycles. The molecule has 132 valence electrons. The van der Waals surface area contributed by atoms with Crippen molar-refractivity contribution < 1.29 is 18.1 Å². The Bertz CT molecular complexity index is 704. The number of hydrogen-bond acceptors (Lipinski definition) is 6. The Balaban J connectivity index is 1.80. The smallest absolute Gasteiger partial charge is 0.269 e. The molecule has 9 nitrogen and oxygen atoms in total. The Morgan fingerprint density at radius 1 is 1.25 bits per heavy atom. The van der Waals surface area contributed by atoms with Crippen molar-refractivity contribution in [2.45, 2.75) is 30.2 Å². The van der Waals surface area contributed by atoms with Crippen LogP contribution in [0.25, 0.3) is 0 Å². The summed E-state index contributed by atoms with van der Waals surface area (Å²) in [6, 6.07) is 4.64. The number of nitrogens with two attached hydrogens (primary N) is 1. The highest BCUT2D eigenvalue weighted by molar-refractivity contribution is 7.89. The molecule has 1 fully saturated rings. The molecule has 10 heteroatoms. The molecule has 1 saturated carbocycles. The zero-order valence-corrected chi connectivity index (χ0v) is 13.8. The molecule has 1 aliphatic rings. The number of carbonyl (C=O) groups is 1. The predicted molar refractivity (Wildman–Crippen MR) is 86.6 cm³/mol. The van der Waals surface area contributed by atoms with Crippen LogP contribution in [0.15, 0.2) is 29.2 Å². The molecular weight excluding hydrogens is 336 g/mol. The van der Waals surface area contributed by atoms with Crippen molar-refractivity contribution in [3.05, 3.63) is 34.4 Å². The number of rotatable bonds is 7. The first-order valence-electron chi connectivity index (χ1n) is 7.57. The molecule has 2 atom stereocenters. The van der Waals surface area contributed by atoms with Gasteiger partial charge in [0.05, 0.1) is 9.82 Å². The number of non-ortho nitro benzene ring substituents is 1. The van der Waals surface area contributed by atoms with Gasteiger partial charge in [0.1, 0.15) is 0 Å². The highest BCUT2D eigenvalue weighted by Gasteiger charge is 2.27. The van der Waals surface area contributed by atoms with Gasteiger partial charge < -0.3 is 11.1 Å². The Labute approximate surface area is 139 Å². The molecule has 24 heavy (non-hydrogen) atoms. The normalized spacial score (nSPS) is 20.7. The molecule has 1 amide bonds. The standard InChI is InChI=1S/C14H20N4O5S/c15-11-2-1-10(9-11)14(19)16-7-8-17-24(22,23)13-5-3-12(4-6-13)18(20)21/h3-6,10-11,17H,1-2,7-9,15H2,(H,16,19). The van der Waals surface area contributed by atoms with Gasteiger partial charge in [-0.3, -0.25) is 14.9 Å². The van der Waals surface area contributed by atoms with E-state index in [0.29, 0.717) is 6.42 Å². The minimum atomic E-state index is -3.77. The third-order valence-corrected chi connectivity index (χ3v) is 5.40. The number of nitro benzene ring substituents is 1. The van der Waals surface area contributed by atoms with E-state index in [4.69, 9.17) is 5.73 Å². The van der Waals surface area contributed by atoms with Gasteiger partial charge in [-0.25, -0.2) is 13.1 Å². The number of nitro groups is 1. The number of nitrogens with one attached hydrogen (secondary N) is 2. The first kappa shape index (κ1) is 18.3. The summed E-state index contributed by atoms with van der Waals surface area (Å²) in [7, 11) is -3.77. The molecule has 0 aromatic heterocycles. The van der Waals surface area contributed by atoms with E-state index in [1.54, 1.807) is 0 Å². The van der Waals surface area contributed by atoms with Gasteiger partial charge >= 0.3 is 0 Å². The minimum Gasteiger partial charge on any atom is -0.355 e. The number of carbonyl (C=O) groups excluding carboxylic acids is 1. The van der Waals surface area contributed by atoms with Gasteiger partial charge in [-0.05, 0) is 31.4 Å². The van der Waals surface area contributed by atoms with Gasteiger partial charge in [-0.2, -0.15) is 0 Å². The first-order chi connectivity index (χ1) is 11.3. The fraction of sp³-hybridized carbons (Fsp3) is 0.500. The molecule has 4 N–H and O–H groups in total. The second kappa shape index (κ2) is 7.69. The van der Waals surface area contributed by atoms with Crippen LogP contribution in [0.3, 0.4) is 0 Å². The van der Waals surface area contributed by atoms with Crippen molar-refractivity contribution in [3.8, 4) is 0 Å². The van der Waals surface area contributed by atoms with Crippen LogP contribution in [0, 0.1) is 16.0 Å². The second-order valence-electron chi connectivity index (χ2n) is 5.71. The first-order valence-corrected chi connectivity index (χ1v) is 9.05. The second-order valence-corrected chi connectivity index (χ2v) is 7.48. The van der Waals surface area contributed by atoms with Crippen molar-refractivity contribution in [2.75, 3.05) is 13.1 Å². The summed E-state index contributed by atoms with van der Waals surface area (Å²) in [5, 5.41) is 13.2. The third kappa shape index (κ3) is 4.73. The summed E-state index contributed by atoms with van der Waals surface area (Å²) in [5.74, 6) is -0.219. The van der Waals surface area contributed by atoms with Crippen molar-refractivity contribution >= 4 is 21.6 Å². The van der Waals surface area contributed by atoms with Crippen LogP contribution >= 0.6 is 0 Å². The van der Waals surface area contributed by atoms with Crippen molar-refractivity contribution in [2.24, 2.45) is 11.7 Å². The van der Waals surface area contributed by atoms with E-state index in [9.17, 15) is 23.3 Å². The molecule has 2 rings (SSSR count). The number of amides is 1. The Morgan fingerprint density at radius 3 is 2.46 bits per heavy atom. The van der Waals surface area contributed by atoms with Gasteiger partial charge in [0, 0.05) is 37.2 Å². The van der Waals surface area contributed by atoms with E-state index in [2.05, 4.69) is 10.0 Å². The highest BCUT2D eigenvalue weighted by Crippen LogP contribution is 2.23. The average molecular weight is 356 g/mol. The quantitative estimate of drug-likeness (QED) is 0.359. The van der Waals surface area contributed by atoms with Crippen molar-refractivity contribution in [1.29, 1.82) is 0 Å². The zero-order chi connectivity index (χ0) is 17.7. The van der Waals surface area contributed by atoms with Crippen LogP contribution < -0.4 is 15.8 Å². The fourth-order valence-corrected chi connectivity index (χ4v) is 3.63. The maximum absolute atomic E-state index is 12.0. The van der Waals surface area contributed by atoms with Gasteiger partial charge in [-0.1, -0.05) is 0 Å². The molecule has 0 heterocycles. The largest absolute Gasteiger partial charge is 0.355 e. The lowest BCUT2D eigenvalue weighted by Crippen LogP contribution is -2.37. The predicted octanol–water partition coefficient (Wildman–Crippen LogP) is 0.117. The monoisotopic (exact) mass is 356 g/mol. The minimum absolute atomic E-state index is 0.0316. The number of benzene rings is 1. The maximum atomic E-state index is 12.0. The maximum Gasteiger partial charge on any atom is 0.269 e. The van der Waals surface area contributed by atoms with E-state index in [0.717, 1.165) is 25.0 Å². The summed E-state index contributed by atoms with van der Waals surface area (Å²) in [4.78, 5) is 21.8. The fourth-order valence-electron chi connectivity index (χ4n) is 2.60. The SMILES string of the molecule is NC1CCC(C(=O)NCCNS(=O)(=O)c2ccc([N+](=O)[O-])cc2)C1. The lowest BCUT2D eigenvalue weighted by Gasteiger charge is -2.11. The summed E-state index contributed by atoms with van der Waals surface area (Å²) in [6.45, 7) is 0.195. The molecule has 0 saturated heterocycles. The van der Waals surface area contributed by atoms with E-state index >= 15 is 0 Å². The average Bonchev–Trinajstić information content (AvgIpc) is 2.98. The van der Waals surface area contributed by atoms with Crippen LogP contribution in [0.2, 0.25) is 0 Å². The van der Waals surface area contributed by atoms with Gasteiger partial charge in [-0.15, -0.1) is 0 Å². The van der Waals surface area contributed by atoms with Crippen molar-refractivity contribution in [1.82, 2.24) is 10.0 Å².